The standard InChI is InChI=1S/C14H31N3O/c1-14(12-18,15-2)7-10-17(4)11-13-5-8-16(3)9-6-13/h13,15,18H,5-12H2,1-4H3. The average molecular weight is 257 g/mol. The number of nitrogens with zero attached hydrogens (tertiary/aromatic N) is 2. The molecule has 4 nitrogen and oxygen atoms in total. The van der Waals surface area contributed by atoms with Crippen LogP contribution in [-0.2, 0) is 0 Å². The van der Waals surface area contributed by atoms with Gasteiger partial charge in [-0.25, -0.2) is 0 Å². The van der Waals surface area contributed by atoms with Crippen LogP contribution in [0.1, 0.15) is 26.2 Å². The molecular formula is C14H31N3O. The Hall–Kier alpha value is -0.160. The van der Waals surface area contributed by atoms with E-state index in [1.54, 1.807) is 0 Å². The van der Waals surface area contributed by atoms with E-state index in [0.29, 0.717) is 0 Å². The maximum absolute atomic E-state index is 9.36. The van der Waals surface area contributed by atoms with Crippen molar-refractivity contribution in [1.82, 2.24) is 15.1 Å². The average Bonchev–Trinajstić information content (AvgIpc) is 2.39. The minimum Gasteiger partial charge on any atom is -0.394 e. The zero-order chi connectivity index (χ0) is 13.6. The van der Waals surface area contributed by atoms with Crippen LogP contribution >= 0.6 is 0 Å². The number of rotatable bonds is 7. The summed E-state index contributed by atoms with van der Waals surface area (Å²) in [4.78, 5) is 4.83. The lowest BCUT2D eigenvalue weighted by molar-refractivity contribution is 0.141. The van der Waals surface area contributed by atoms with Crippen LogP contribution in [-0.4, -0.2) is 74.4 Å². The van der Waals surface area contributed by atoms with Gasteiger partial charge in [-0.15, -0.1) is 0 Å². The first kappa shape index (κ1) is 15.9. The quantitative estimate of drug-likeness (QED) is 0.701. The van der Waals surface area contributed by atoms with Gasteiger partial charge in [0, 0.05) is 12.1 Å². The lowest BCUT2D eigenvalue weighted by atomic mass is 9.95. The predicted molar refractivity (Wildman–Crippen MR) is 76.9 cm³/mol. The minimum absolute atomic E-state index is 0.138. The number of nitrogens with one attached hydrogen (secondary N) is 1. The van der Waals surface area contributed by atoms with Crippen LogP contribution in [0.15, 0.2) is 0 Å². The van der Waals surface area contributed by atoms with Crippen LogP contribution in [0.5, 0.6) is 0 Å². The molecule has 1 fully saturated rings. The molecule has 1 heterocycles. The number of hydrogen-bond donors (Lipinski definition) is 2. The first-order valence-electron chi connectivity index (χ1n) is 7.16. The highest BCUT2D eigenvalue weighted by Gasteiger charge is 2.22. The lowest BCUT2D eigenvalue weighted by Gasteiger charge is -2.33. The third kappa shape index (κ3) is 5.22. The molecule has 1 atom stereocenters. The van der Waals surface area contributed by atoms with Gasteiger partial charge in [-0.2, -0.15) is 0 Å². The fraction of sp³-hybridized carbons (Fsp3) is 1.00. The number of likely N-dealkylation sites (tertiary alicyclic amines) is 1. The summed E-state index contributed by atoms with van der Waals surface area (Å²) in [5.41, 5.74) is -0.138. The van der Waals surface area contributed by atoms with Gasteiger partial charge in [0.05, 0.1) is 6.61 Å². The molecule has 0 radical (unpaired) electrons. The summed E-state index contributed by atoms with van der Waals surface area (Å²) < 4.78 is 0. The van der Waals surface area contributed by atoms with E-state index >= 15 is 0 Å². The van der Waals surface area contributed by atoms with E-state index in [1.807, 2.05) is 7.05 Å². The van der Waals surface area contributed by atoms with Gasteiger partial charge in [0.25, 0.3) is 0 Å². The van der Waals surface area contributed by atoms with Crippen LogP contribution in [0.4, 0.5) is 0 Å². The number of aliphatic hydroxyl groups excluding tert-OH is 1. The Morgan fingerprint density at radius 2 is 2.00 bits per heavy atom. The topological polar surface area (TPSA) is 38.7 Å². The second kappa shape index (κ2) is 7.43. The van der Waals surface area contributed by atoms with E-state index in [4.69, 9.17) is 0 Å². The zero-order valence-electron chi connectivity index (χ0n) is 12.6. The Morgan fingerprint density at radius 3 is 2.50 bits per heavy atom. The number of piperidine rings is 1. The molecule has 18 heavy (non-hydrogen) atoms. The van der Waals surface area contributed by atoms with E-state index in [9.17, 15) is 5.11 Å². The molecule has 1 rings (SSSR count). The van der Waals surface area contributed by atoms with Crippen LogP contribution < -0.4 is 5.32 Å². The molecule has 1 aliphatic rings. The highest BCUT2D eigenvalue weighted by atomic mass is 16.3. The monoisotopic (exact) mass is 257 g/mol. The van der Waals surface area contributed by atoms with E-state index < -0.39 is 0 Å². The Balaban J connectivity index is 2.23. The second-order valence-corrected chi connectivity index (χ2v) is 6.23. The van der Waals surface area contributed by atoms with Crippen molar-refractivity contribution in [1.29, 1.82) is 0 Å². The van der Waals surface area contributed by atoms with Gasteiger partial charge in [0.1, 0.15) is 0 Å². The summed E-state index contributed by atoms with van der Waals surface area (Å²) in [6.07, 6.45) is 3.64. The van der Waals surface area contributed by atoms with E-state index in [0.717, 1.165) is 18.9 Å². The molecule has 0 bridgehead atoms. The smallest absolute Gasteiger partial charge is 0.0610 e. The van der Waals surface area contributed by atoms with Crippen LogP contribution in [0.25, 0.3) is 0 Å². The molecule has 1 saturated heterocycles. The molecule has 1 aliphatic heterocycles. The Kier molecular flexibility index (Phi) is 6.57. The third-order valence-corrected chi connectivity index (χ3v) is 4.41. The van der Waals surface area contributed by atoms with Gasteiger partial charge in [0.2, 0.25) is 0 Å². The van der Waals surface area contributed by atoms with Crippen molar-refractivity contribution in [3.63, 3.8) is 0 Å². The molecule has 0 aromatic rings. The predicted octanol–water partition coefficient (Wildman–Crippen LogP) is 0.621. The largest absolute Gasteiger partial charge is 0.394 e. The molecular weight excluding hydrogens is 226 g/mol. The van der Waals surface area contributed by atoms with E-state index in [1.165, 1.54) is 32.5 Å². The Labute approximate surface area is 112 Å². The summed E-state index contributed by atoms with van der Waals surface area (Å²) >= 11 is 0. The third-order valence-electron chi connectivity index (χ3n) is 4.41. The fourth-order valence-corrected chi connectivity index (χ4v) is 2.50. The van der Waals surface area contributed by atoms with Crippen molar-refractivity contribution in [2.75, 3.05) is 53.9 Å². The van der Waals surface area contributed by atoms with E-state index in [-0.39, 0.29) is 12.1 Å². The zero-order valence-corrected chi connectivity index (χ0v) is 12.6. The summed E-state index contributed by atoms with van der Waals surface area (Å²) in [5.74, 6) is 0.848. The molecule has 1 unspecified atom stereocenters. The SMILES string of the molecule is CNC(C)(CO)CCN(C)CC1CCN(C)CC1. The molecule has 0 aromatic carbocycles. The molecule has 0 saturated carbocycles. The maximum atomic E-state index is 9.36. The van der Waals surface area contributed by atoms with Gasteiger partial charge >= 0.3 is 0 Å². The van der Waals surface area contributed by atoms with Gasteiger partial charge in [-0.05, 0) is 72.9 Å². The van der Waals surface area contributed by atoms with Gasteiger partial charge in [-0.3, -0.25) is 0 Å². The maximum Gasteiger partial charge on any atom is 0.0610 e. The van der Waals surface area contributed by atoms with Crippen LogP contribution in [0, 0.1) is 5.92 Å². The molecule has 0 aromatic heterocycles. The summed E-state index contributed by atoms with van der Waals surface area (Å²) in [6.45, 7) is 7.00. The van der Waals surface area contributed by atoms with Crippen molar-refractivity contribution < 1.29 is 5.11 Å². The number of likely N-dealkylation sites (N-methyl/N-ethyl adjacent to an activating group) is 1. The Morgan fingerprint density at radius 1 is 1.39 bits per heavy atom. The first-order valence-corrected chi connectivity index (χ1v) is 7.16. The summed E-state index contributed by atoms with van der Waals surface area (Å²) in [7, 11) is 6.33. The van der Waals surface area contributed by atoms with Crippen molar-refractivity contribution >= 4 is 0 Å². The molecule has 4 heteroatoms. The van der Waals surface area contributed by atoms with Gasteiger partial charge in [-0.1, -0.05) is 0 Å². The second-order valence-electron chi connectivity index (χ2n) is 6.23. The Bertz CT molecular complexity index is 223. The lowest BCUT2D eigenvalue weighted by Crippen LogP contribution is -2.46. The van der Waals surface area contributed by atoms with Crippen LogP contribution in [0.3, 0.4) is 0 Å². The van der Waals surface area contributed by atoms with Crippen LogP contribution in [0.2, 0.25) is 0 Å². The summed E-state index contributed by atoms with van der Waals surface area (Å²) in [6, 6.07) is 0. The molecule has 0 aliphatic carbocycles. The highest BCUT2D eigenvalue weighted by molar-refractivity contribution is 4.82. The normalized spacial score (nSPS) is 22.3. The van der Waals surface area contributed by atoms with Crippen molar-refractivity contribution in [3.8, 4) is 0 Å². The van der Waals surface area contributed by atoms with E-state index in [2.05, 4.69) is 36.1 Å². The number of hydrogen-bond acceptors (Lipinski definition) is 4. The van der Waals surface area contributed by atoms with Gasteiger partial charge in [0.15, 0.2) is 0 Å². The number of aliphatic hydroxyl groups is 1. The molecule has 2 N–H and O–H groups in total. The highest BCUT2D eigenvalue weighted by Crippen LogP contribution is 2.17. The fourth-order valence-electron chi connectivity index (χ4n) is 2.50. The van der Waals surface area contributed by atoms with Gasteiger partial charge < -0.3 is 20.2 Å². The minimum atomic E-state index is -0.138. The van der Waals surface area contributed by atoms with Crippen molar-refractivity contribution in [2.45, 2.75) is 31.7 Å². The molecule has 0 spiro atoms. The first-order chi connectivity index (χ1) is 8.49. The molecule has 108 valence electrons. The summed E-state index contributed by atoms with van der Waals surface area (Å²) in [5, 5.41) is 12.6. The van der Waals surface area contributed by atoms with Crippen molar-refractivity contribution in [3.05, 3.63) is 0 Å². The molecule has 0 amide bonds. The van der Waals surface area contributed by atoms with Crippen molar-refractivity contribution in [2.24, 2.45) is 5.92 Å².